The fourth-order valence-electron chi connectivity index (χ4n) is 1.82. The molecule has 104 valence electrons. The smallest absolute Gasteiger partial charge is 0.359 e. The van der Waals surface area contributed by atoms with Crippen LogP contribution in [0.25, 0.3) is 10.8 Å². The highest BCUT2D eigenvalue weighted by atomic mass is 16.6. The van der Waals surface area contributed by atoms with E-state index in [0.29, 0.717) is 0 Å². The van der Waals surface area contributed by atoms with Crippen molar-refractivity contribution >= 4 is 22.7 Å². The highest BCUT2D eigenvalue weighted by Crippen LogP contribution is 2.25. The van der Waals surface area contributed by atoms with E-state index in [1.165, 1.54) is 0 Å². The number of aliphatic carboxylic acids is 2. The van der Waals surface area contributed by atoms with E-state index in [1.807, 2.05) is 25.1 Å². The van der Waals surface area contributed by atoms with E-state index < -0.39 is 17.5 Å². The van der Waals surface area contributed by atoms with E-state index >= 15 is 0 Å². The van der Waals surface area contributed by atoms with Crippen LogP contribution >= 0.6 is 0 Å². The van der Waals surface area contributed by atoms with Gasteiger partial charge in [0.05, 0.1) is 0 Å². The molecule has 20 heavy (non-hydrogen) atoms. The maximum Gasteiger partial charge on any atom is 0.359 e. The predicted octanol–water partition coefficient (Wildman–Crippen LogP) is 2.45. The number of carboxylic acid groups (broad SMARTS) is 2. The molecule has 0 saturated heterocycles. The number of fused-ring (bicyclic) bond motifs is 1. The van der Waals surface area contributed by atoms with Crippen molar-refractivity contribution in [3.05, 3.63) is 42.0 Å². The number of carbonyl (C=O) groups is 2. The summed E-state index contributed by atoms with van der Waals surface area (Å²) in [4.78, 5) is 22.1. The van der Waals surface area contributed by atoms with Crippen molar-refractivity contribution in [2.45, 2.75) is 19.4 Å². The van der Waals surface area contributed by atoms with Gasteiger partial charge < -0.3 is 14.9 Å². The van der Waals surface area contributed by atoms with Gasteiger partial charge in [0, 0.05) is 0 Å². The van der Waals surface area contributed by atoms with Crippen molar-refractivity contribution in [2.75, 3.05) is 0 Å². The van der Waals surface area contributed by atoms with Gasteiger partial charge in [-0.2, -0.15) is 0 Å². The second-order valence-corrected chi connectivity index (χ2v) is 4.76. The minimum absolute atomic E-state index is 0.202. The highest BCUT2D eigenvalue weighted by Gasteiger charge is 2.44. The molecule has 2 aromatic carbocycles. The lowest BCUT2D eigenvalue weighted by Gasteiger charge is -2.21. The normalized spacial score (nSPS) is 11.3. The van der Waals surface area contributed by atoms with E-state index in [-0.39, 0.29) is 5.75 Å². The van der Waals surface area contributed by atoms with Gasteiger partial charge >= 0.3 is 11.9 Å². The first-order chi connectivity index (χ1) is 9.33. The van der Waals surface area contributed by atoms with Crippen LogP contribution in [-0.2, 0) is 9.59 Å². The Bertz CT molecular complexity index is 676. The minimum atomic E-state index is -2.31. The van der Waals surface area contributed by atoms with E-state index in [0.717, 1.165) is 23.3 Å². The average molecular weight is 274 g/mol. The molecule has 2 N–H and O–H groups in total. The number of rotatable bonds is 4. The lowest BCUT2D eigenvalue weighted by molar-refractivity contribution is -0.170. The molecule has 2 aromatic rings. The maximum absolute atomic E-state index is 11.1. The first-order valence-electron chi connectivity index (χ1n) is 5.99. The minimum Gasteiger partial charge on any atom is -0.478 e. The molecule has 5 heteroatoms. The quantitative estimate of drug-likeness (QED) is 0.837. The van der Waals surface area contributed by atoms with Crippen molar-refractivity contribution < 1.29 is 24.5 Å². The van der Waals surface area contributed by atoms with E-state index in [4.69, 9.17) is 14.9 Å². The summed E-state index contributed by atoms with van der Waals surface area (Å²) in [7, 11) is 0. The SMILES string of the molecule is Cc1ccc2cc(OC(C)(C(=O)O)C(=O)O)ccc2c1. The van der Waals surface area contributed by atoms with Gasteiger partial charge in [-0.1, -0.05) is 29.8 Å². The van der Waals surface area contributed by atoms with E-state index in [9.17, 15) is 9.59 Å². The summed E-state index contributed by atoms with van der Waals surface area (Å²) in [5, 5.41) is 19.8. The summed E-state index contributed by atoms with van der Waals surface area (Å²) in [6, 6.07) is 10.7. The molecule has 0 heterocycles. The molecule has 0 radical (unpaired) electrons. The highest BCUT2D eigenvalue weighted by molar-refractivity contribution is 6.01. The van der Waals surface area contributed by atoms with Gasteiger partial charge in [0.15, 0.2) is 0 Å². The van der Waals surface area contributed by atoms with Crippen LogP contribution in [0.4, 0.5) is 0 Å². The van der Waals surface area contributed by atoms with Crippen molar-refractivity contribution in [2.24, 2.45) is 0 Å². The Labute approximate surface area is 115 Å². The molecule has 0 fully saturated rings. The van der Waals surface area contributed by atoms with Crippen LogP contribution in [0.15, 0.2) is 36.4 Å². The average Bonchev–Trinajstić information content (AvgIpc) is 2.38. The fourth-order valence-corrected chi connectivity index (χ4v) is 1.82. The second-order valence-electron chi connectivity index (χ2n) is 4.76. The largest absolute Gasteiger partial charge is 0.478 e. The summed E-state index contributed by atoms with van der Waals surface area (Å²) >= 11 is 0. The molecule has 0 saturated carbocycles. The summed E-state index contributed by atoms with van der Waals surface area (Å²) in [5.74, 6) is -2.89. The monoisotopic (exact) mass is 274 g/mol. The number of benzene rings is 2. The summed E-state index contributed by atoms with van der Waals surface area (Å²) in [6.07, 6.45) is 0. The Kier molecular flexibility index (Phi) is 3.36. The van der Waals surface area contributed by atoms with E-state index in [1.54, 1.807) is 18.2 Å². The number of ether oxygens (including phenoxy) is 1. The third-order valence-corrected chi connectivity index (χ3v) is 3.11. The van der Waals surface area contributed by atoms with Gasteiger partial charge in [-0.05, 0) is 36.8 Å². The molecular weight excluding hydrogens is 260 g/mol. The van der Waals surface area contributed by atoms with Crippen LogP contribution in [0.1, 0.15) is 12.5 Å². The Balaban J connectivity index is 2.41. The first kappa shape index (κ1) is 13.9. The number of hydrogen-bond acceptors (Lipinski definition) is 3. The third-order valence-electron chi connectivity index (χ3n) is 3.11. The third kappa shape index (κ3) is 2.42. The Morgan fingerprint density at radius 3 is 2.15 bits per heavy atom. The molecule has 0 aliphatic carbocycles. The Hall–Kier alpha value is -2.56. The van der Waals surface area contributed by atoms with Crippen LogP contribution in [0.3, 0.4) is 0 Å². The van der Waals surface area contributed by atoms with Gasteiger partial charge in [-0.25, -0.2) is 9.59 Å². The van der Waals surface area contributed by atoms with Crippen molar-refractivity contribution in [3.8, 4) is 5.75 Å². The van der Waals surface area contributed by atoms with Gasteiger partial charge in [-0.15, -0.1) is 0 Å². The number of carboxylic acids is 2. The zero-order chi connectivity index (χ0) is 14.9. The maximum atomic E-state index is 11.1. The lowest BCUT2D eigenvalue weighted by atomic mass is 10.1. The van der Waals surface area contributed by atoms with Crippen LogP contribution < -0.4 is 4.74 Å². The molecule has 0 aliphatic rings. The molecule has 0 aromatic heterocycles. The van der Waals surface area contributed by atoms with Crippen LogP contribution in [0, 0.1) is 6.92 Å². The standard InChI is InChI=1S/C15H14O5/c1-9-3-4-11-8-12(6-5-10(11)7-9)20-15(2,13(16)17)14(18)19/h3-8H,1-2H3,(H,16,17)(H,18,19). The molecular formula is C15H14O5. The summed E-state index contributed by atoms with van der Waals surface area (Å²) in [5.41, 5.74) is -1.20. The topological polar surface area (TPSA) is 83.8 Å². The van der Waals surface area contributed by atoms with Gasteiger partial charge in [-0.3, -0.25) is 0 Å². The Morgan fingerprint density at radius 1 is 1.00 bits per heavy atom. The zero-order valence-electron chi connectivity index (χ0n) is 11.1. The van der Waals surface area contributed by atoms with Crippen molar-refractivity contribution in [1.82, 2.24) is 0 Å². The molecule has 0 amide bonds. The number of aryl methyl sites for hydroxylation is 1. The molecule has 0 bridgehead atoms. The lowest BCUT2D eigenvalue weighted by Crippen LogP contribution is -2.49. The Morgan fingerprint density at radius 2 is 1.55 bits per heavy atom. The van der Waals surface area contributed by atoms with Crippen LogP contribution in [0.2, 0.25) is 0 Å². The van der Waals surface area contributed by atoms with Crippen LogP contribution in [0.5, 0.6) is 5.75 Å². The first-order valence-corrected chi connectivity index (χ1v) is 5.99. The van der Waals surface area contributed by atoms with Crippen molar-refractivity contribution in [1.29, 1.82) is 0 Å². The van der Waals surface area contributed by atoms with Gasteiger partial charge in [0.1, 0.15) is 5.75 Å². The second kappa shape index (κ2) is 4.85. The number of hydrogen-bond donors (Lipinski definition) is 2. The van der Waals surface area contributed by atoms with Gasteiger partial charge in [0.2, 0.25) is 0 Å². The van der Waals surface area contributed by atoms with Crippen LogP contribution in [-0.4, -0.2) is 27.8 Å². The molecule has 0 atom stereocenters. The zero-order valence-corrected chi connectivity index (χ0v) is 11.1. The molecule has 0 unspecified atom stereocenters. The molecule has 5 nitrogen and oxygen atoms in total. The fraction of sp³-hybridized carbons (Fsp3) is 0.200. The molecule has 2 rings (SSSR count). The predicted molar refractivity (Wildman–Crippen MR) is 73.0 cm³/mol. The van der Waals surface area contributed by atoms with Crippen molar-refractivity contribution in [3.63, 3.8) is 0 Å². The molecule has 0 spiro atoms. The molecule has 0 aliphatic heterocycles. The summed E-state index contributed by atoms with van der Waals surface area (Å²) < 4.78 is 5.16. The van der Waals surface area contributed by atoms with E-state index in [2.05, 4.69) is 0 Å². The summed E-state index contributed by atoms with van der Waals surface area (Å²) in [6.45, 7) is 2.98. The van der Waals surface area contributed by atoms with Gasteiger partial charge in [0.25, 0.3) is 5.60 Å².